The first kappa shape index (κ1) is 14.1. The van der Waals surface area contributed by atoms with E-state index in [0.29, 0.717) is 5.41 Å². The normalized spacial score (nSPS) is 49.1. The van der Waals surface area contributed by atoms with Crippen molar-refractivity contribution in [1.29, 1.82) is 0 Å². The zero-order valence-electron chi connectivity index (χ0n) is 14.0. The largest absolute Gasteiger partial charge is 0.0958 e. The summed E-state index contributed by atoms with van der Waals surface area (Å²) in [6, 6.07) is 0. The minimum Gasteiger partial charge on any atom is -0.0958 e. The first-order chi connectivity index (χ1) is 10.1. The molecule has 0 nitrogen and oxygen atoms in total. The Balaban J connectivity index is 1.61. The van der Waals surface area contributed by atoms with Crippen LogP contribution in [0.2, 0.25) is 0 Å². The van der Waals surface area contributed by atoms with Crippen molar-refractivity contribution in [1.82, 2.24) is 0 Å². The monoisotopic (exact) mass is 284 g/mol. The number of fused-ring (bicyclic) bond motifs is 5. The Bertz CT molecular complexity index is 470. The lowest BCUT2D eigenvalue weighted by molar-refractivity contribution is -0.0214. The summed E-state index contributed by atoms with van der Waals surface area (Å²) >= 11 is 0. The van der Waals surface area contributed by atoms with E-state index in [1.807, 2.05) is 0 Å². The van der Waals surface area contributed by atoms with Gasteiger partial charge in [0.2, 0.25) is 0 Å². The molecule has 0 heterocycles. The number of hydrogen-bond donors (Lipinski definition) is 0. The molecule has 0 spiro atoms. The molecule has 0 aromatic rings. The molecule has 6 unspecified atom stereocenters. The van der Waals surface area contributed by atoms with Crippen molar-refractivity contribution in [2.45, 2.75) is 71.6 Å². The molecular weight excluding hydrogens is 252 g/mol. The van der Waals surface area contributed by atoms with Crippen LogP contribution in [0.1, 0.15) is 71.6 Å². The van der Waals surface area contributed by atoms with Gasteiger partial charge in [-0.05, 0) is 86.4 Å². The van der Waals surface area contributed by atoms with Crippen molar-refractivity contribution in [3.8, 4) is 0 Å². The fraction of sp³-hybridized carbons (Fsp3) is 0.810. The van der Waals surface area contributed by atoms with Gasteiger partial charge in [0, 0.05) is 0 Å². The van der Waals surface area contributed by atoms with Crippen molar-refractivity contribution >= 4 is 0 Å². The van der Waals surface area contributed by atoms with Crippen LogP contribution in [0.5, 0.6) is 0 Å². The second kappa shape index (κ2) is 5.00. The molecule has 4 aliphatic rings. The van der Waals surface area contributed by atoms with E-state index in [4.69, 9.17) is 0 Å². The molecule has 6 atom stereocenters. The second-order valence-electron chi connectivity index (χ2n) is 8.72. The zero-order valence-corrected chi connectivity index (χ0v) is 14.0. The average Bonchev–Trinajstić information content (AvgIpc) is 2.83. The smallest absolute Gasteiger partial charge is 0.0166 e. The number of hydrogen-bond acceptors (Lipinski definition) is 0. The van der Waals surface area contributed by atoms with Gasteiger partial charge in [-0.1, -0.05) is 44.1 Å². The third-order valence-corrected chi connectivity index (χ3v) is 8.11. The molecule has 116 valence electrons. The van der Waals surface area contributed by atoms with Crippen LogP contribution >= 0.6 is 0 Å². The van der Waals surface area contributed by atoms with E-state index >= 15 is 0 Å². The van der Waals surface area contributed by atoms with Gasteiger partial charge in [-0.15, -0.1) is 0 Å². The summed E-state index contributed by atoms with van der Waals surface area (Å²) in [5.41, 5.74) is 3.86. The van der Waals surface area contributed by atoms with E-state index in [2.05, 4.69) is 26.5 Å². The highest BCUT2D eigenvalue weighted by molar-refractivity contribution is 5.29. The van der Waals surface area contributed by atoms with Gasteiger partial charge in [0.05, 0.1) is 0 Å². The molecule has 0 radical (unpaired) electrons. The zero-order chi connectivity index (χ0) is 14.6. The lowest BCUT2D eigenvalue weighted by atomic mass is 9.51. The lowest BCUT2D eigenvalue weighted by Gasteiger charge is -2.54. The summed E-state index contributed by atoms with van der Waals surface area (Å²) in [6.07, 6.45) is 15.5. The second-order valence-corrected chi connectivity index (χ2v) is 8.72. The first-order valence-corrected chi connectivity index (χ1v) is 9.51. The Labute approximate surface area is 131 Å². The first-order valence-electron chi connectivity index (χ1n) is 9.51. The highest BCUT2D eigenvalue weighted by atomic mass is 14.6. The fourth-order valence-electron chi connectivity index (χ4n) is 7.06. The maximum absolute atomic E-state index is 4.22. The Morgan fingerprint density at radius 1 is 1.10 bits per heavy atom. The minimum atomic E-state index is 0.690. The summed E-state index contributed by atoms with van der Waals surface area (Å²) in [4.78, 5) is 0. The van der Waals surface area contributed by atoms with Crippen LogP contribution in [0.3, 0.4) is 0 Å². The molecule has 4 rings (SSSR count). The van der Waals surface area contributed by atoms with Gasteiger partial charge in [0.25, 0.3) is 0 Å². The fourth-order valence-corrected chi connectivity index (χ4v) is 7.06. The van der Waals surface area contributed by atoms with Gasteiger partial charge in [-0.2, -0.15) is 0 Å². The summed E-state index contributed by atoms with van der Waals surface area (Å²) in [6.45, 7) is 9.30. The Kier molecular flexibility index (Phi) is 3.36. The van der Waals surface area contributed by atoms with Crippen LogP contribution in [-0.4, -0.2) is 0 Å². The maximum Gasteiger partial charge on any atom is -0.0166 e. The summed E-state index contributed by atoms with van der Waals surface area (Å²) in [5, 5.41) is 0. The molecule has 3 saturated carbocycles. The average molecular weight is 284 g/mol. The van der Waals surface area contributed by atoms with Crippen LogP contribution in [0, 0.1) is 35.0 Å². The van der Waals surface area contributed by atoms with E-state index in [-0.39, 0.29) is 0 Å². The molecule has 0 amide bonds. The molecule has 0 N–H and O–H groups in total. The van der Waals surface area contributed by atoms with Gasteiger partial charge >= 0.3 is 0 Å². The molecular formula is C21H32. The minimum absolute atomic E-state index is 0.690. The molecule has 21 heavy (non-hydrogen) atoms. The molecule has 0 aromatic heterocycles. The van der Waals surface area contributed by atoms with Crippen molar-refractivity contribution in [2.75, 3.05) is 0 Å². The maximum atomic E-state index is 4.22. The molecule has 3 fully saturated rings. The molecule has 0 saturated heterocycles. The third kappa shape index (κ3) is 2.01. The van der Waals surface area contributed by atoms with E-state index in [9.17, 15) is 0 Å². The molecule has 0 heteroatoms. The summed E-state index contributed by atoms with van der Waals surface area (Å²) in [5.74, 6) is 5.07. The number of rotatable bonds is 1. The highest BCUT2D eigenvalue weighted by Gasteiger charge is 2.55. The van der Waals surface area contributed by atoms with Gasteiger partial charge in [0.1, 0.15) is 0 Å². The molecule has 4 aliphatic carbocycles. The van der Waals surface area contributed by atoms with Crippen molar-refractivity contribution in [3.05, 3.63) is 23.8 Å². The SMILES string of the molecule is C=C1C=C2CCC3C(CCC4(C)C(CC)CCC34)C2CC1. The summed E-state index contributed by atoms with van der Waals surface area (Å²) in [7, 11) is 0. The molecule has 0 aliphatic heterocycles. The Hall–Kier alpha value is -0.520. The molecule has 0 aromatic carbocycles. The van der Waals surface area contributed by atoms with Gasteiger partial charge in [-0.25, -0.2) is 0 Å². The number of allylic oxidation sites excluding steroid dienone is 3. The third-order valence-electron chi connectivity index (χ3n) is 8.11. The van der Waals surface area contributed by atoms with Crippen molar-refractivity contribution in [3.63, 3.8) is 0 Å². The lowest BCUT2D eigenvalue weighted by Crippen LogP contribution is -2.46. The quantitative estimate of drug-likeness (QED) is 0.542. The highest BCUT2D eigenvalue weighted by Crippen LogP contribution is 2.64. The van der Waals surface area contributed by atoms with Crippen LogP contribution in [0.4, 0.5) is 0 Å². The summed E-state index contributed by atoms with van der Waals surface area (Å²) < 4.78 is 0. The van der Waals surface area contributed by atoms with Gasteiger partial charge in [-0.3, -0.25) is 0 Å². The van der Waals surface area contributed by atoms with E-state index in [0.717, 1.165) is 29.6 Å². The van der Waals surface area contributed by atoms with E-state index in [1.54, 1.807) is 5.57 Å². The van der Waals surface area contributed by atoms with E-state index < -0.39 is 0 Å². The van der Waals surface area contributed by atoms with Crippen LogP contribution in [-0.2, 0) is 0 Å². The molecule has 0 bridgehead atoms. The standard InChI is InChI=1S/C21H32/c1-4-16-7-10-20-19-9-6-15-13-14(2)5-8-17(15)18(19)11-12-21(16,20)3/h13,16-20H,2,4-12H2,1,3H3. The predicted octanol–water partition coefficient (Wildman–Crippen LogP) is 6.14. The van der Waals surface area contributed by atoms with Crippen LogP contribution in [0.25, 0.3) is 0 Å². The van der Waals surface area contributed by atoms with Crippen LogP contribution in [0.15, 0.2) is 23.8 Å². The van der Waals surface area contributed by atoms with Crippen molar-refractivity contribution in [2.24, 2.45) is 35.0 Å². The predicted molar refractivity (Wildman–Crippen MR) is 90.0 cm³/mol. The Morgan fingerprint density at radius 2 is 1.95 bits per heavy atom. The van der Waals surface area contributed by atoms with E-state index in [1.165, 1.54) is 63.4 Å². The van der Waals surface area contributed by atoms with Gasteiger partial charge in [0.15, 0.2) is 0 Å². The Morgan fingerprint density at radius 3 is 2.76 bits per heavy atom. The topological polar surface area (TPSA) is 0 Å². The van der Waals surface area contributed by atoms with Crippen LogP contribution < -0.4 is 0 Å². The van der Waals surface area contributed by atoms with Crippen molar-refractivity contribution < 1.29 is 0 Å². The van der Waals surface area contributed by atoms with Gasteiger partial charge < -0.3 is 0 Å².